The summed E-state index contributed by atoms with van der Waals surface area (Å²) in [5.41, 5.74) is 0.437. The number of hydrogen-bond acceptors (Lipinski definition) is 3. The second kappa shape index (κ2) is 4.15. The molecule has 2 rings (SSSR count). The first-order valence-electron chi connectivity index (χ1n) is 4.32. The highest BCUT2D eigenvalue weighted by Gasteiger charge is 2.11. The lowest BCUT2D eigenvalue weighted by Gasteiger charge is -2.05. The molecular weight excluding hydrogens is 251 g/mol. The summed E-state index contributed by atoms with van der Waals surface area (Å²) < 4.78 is 0. The van der Waals surface area contributed by atoms with E-state index in [4.69, 9.17) is 23.2 Å². The Morgan fingerprint density at radius 3 is 2.62 bits per heavy atom. The van der Waals surface area contributed by atoms with Gasteiger partial charge in [-0.05, 0) is 18.2 Å². The lowest BCUT2D eigenvalue weighted by atomic mass is 10.1. The van der Waals surface area contributed by atoms with Crippen LogP contribution in [0.5, 0.6) is 5.75 Å². The number of rotatable bonds is 1. The van der Waals surface area contributed by atoms with E-state index in [0.717, 1.165) is 0 Å². The summed E-state index contributed by atoms with van der Waals surface area (Å²) in [4.78, 5) is 10.8. The molecule has 1 aromatic heterocycles. The van der Waals surface area contributed by atoms with Gasteiger partial charge in [0.05, 0.1) is 10.7 Å². The summed E-state index contributed by atoms with van der Waals surface area (Å²) in [6, 6.07) is 5.72. The monoisotopic (exact) mass is 256 g/mol. The molecule has 2 N–H and O–H groups in total. The molecule has 0 aliphatic heterocycles. The van der Waals surface area contributed by atoms with E-state index in [1.165, 1.54) is 24.3 Å². The highest BCUT2D eigenvalue weighted by atomic mass is 35.5. The topological polar surface area (TPSA) is 66.0 Å². The minimum atomic E-state index is -0.323. The number of aromatic hydroxyl groups is 1. The number of phenols is 1. The van der Waals surface area contributed by atoms with Crippen molar-refractivity contribution in [3.8, 4) is 17.0 Å². The molecule has 0 aliphatic carbocycles. The summed E-state index contributed by atoms with van der Waals surface area (Å²) in [6.45, 7) is 0. The smallest absolute Gasteiger partial charge is 0.264 e. The van der Waals surface area contributed by atoms with Crippen LogP contribution in [0.2, 0.25) is 10.0 Å². The van der Waals surface area contributed by atoms with Gasteiger partial charge in [-0.3, -0.25) is 4.79 Å². The zero-order chi connectivity index (χ0) is 11.7. The number of halogens is 2. The van der Waals surface area contributed by atoms with Crippen LogP contribution in [-0.2, 0) is 0 Å². The third-order valence-corrected chi connectivity index (χ3v) is 2.49. The molecule has 0 aliphatic rings. The van der Waals surface area contributed by atoms with E-state index in [9.17, 15) is 9.90 Å². The molecule has 0 saturated heterocycles. The normalized spacial score (nSPS) is 10.4. The van der Waals surface area contributed by atoms with Gasteiger partial charge in [-0.2, -0.15) is 5.10 Å². The molecule has 0 fully saturated rings. The predicted octanol–water partition coefficient (Wildman–Crippen LogP) is 2.45. The number of nitrogens with one attached hydrogen (secondary N) is 1. The lowest BCUT2D eigenvalue weighted by Crippen LogP contribution is -2.05. The molecule has 16 heavy (non-hydrogen) atoms. The van der Waals surface area contributed by atoms with Gasteiger partial charge >= 0.3 is 0 Å². The molecule has 0 bridgehead atoms. The SMILES string of the molecule is O=c1ccc(-c2cc(Cl)cc(Cl)c2O)n[nH]1. The Balaban J connectivity index is 2.64. The van der Waals surface area contributed by atoms with E-state index in [2.05, 4.69) is 10.2 Å². The number of phenolic OH excluding ortho intramolecular Hbond substituents is 1. The summed E-state index contributed by atoms with van der Waals surface area (Å²) in [5.74, 6) is -0.120. The first-order chi connectivity index (χ1) is 7.58. The Bertz CT molecular complexity index is 575. The van der Waals surface area contributed by atoms with Gasteiger partial charge in [0.25, 0.3) is 5.56 Å². The van der Waals surface area contributed by atoms with Gasteiger partial charge in [0.15, 0.2) is 0 Å². The Morgan fingerprint density at radius 1 is 1.25 bits per heavy atom. The van der Waals surface area contributed by atoms with Crippen molar-refractivity contribution >= 4 is 23.2 Å². The van der Waals surface area contributed by atoms with Gasteiger partial charge in [-0.15, -0.1) is 0 Å². The molecule has 4 nitrogen and oxygen atoms in total. The molecule has 0 amide bonds. The van der Waals surface area contributed by atoms with Crippen LogP contribution in [0.1, 0.15) is 0 Å². The standard InChI is InChI=1S/C10H6Cl2N2O2/c11-5-3-6(10(16)7(12)4-5)8-1-2-9(15)14-13-8/h1-4,16H,(H,14,15). The maximum atomic E-state index is 10.8. The third kappa shape index (κ3) is 2.03. The summed E-state index contributed by atoms with van der Waals surface area (Å²) in [6.07, 6.45) is 0. The van der Waals surface area contributed by atoms with E-state index in [1.807, 2.05) is 0 Å². The van der Waals surface area contributed by atoms with Crippen LogP contribution in [0.15, 0.2) is 29.1 Å². The summed E-state index contributed by atoms with van der Waals surface area (Å²) in [7, 11) is 0. The van der Waals surface area contributed by atoms with E-state index in [-0.39, 0.29) is 16.3 Å². The van der Waals surface area contributed by atoms with Crippen molar-refractivity contribution in [3.05, 3.63) is 44.7 Å². The first-order valence-corrected chi connectivity index (χ1v) is 5.07. The van der Waals surface area contributed by atoms with Gasteiger partial charge < -0.3 is 5.11 Å². The Hall–Kier alpha value is -1.52. The Kier molecular flexibility index (Phi) is 2.85. The fraction of sp³-hybridized carbons (Fsp3) is 0. The van der Waals surface area contributed by atoms with Crippen LogP contribution < -0.4 is 5.56 Å². The van der Waals surface area contributed by atoms with Gasteiger partial charge in [0.1, 0.15) is 5.75 Å². The van der Waals surface area contributed by atoms with Crippen molar-refractivity contribution in [1.29, 1.82) is 0 Å². The minimum absolute atomic E-state index is 0.120. The van der Waals surface area contributed by atoms with Crippen LogP contribution in [0.25, 0.3) is 11.3 Å². The molecule has 0 unspecified atom stereocenters. The molecule has 82 valence electrons. The Labute approximate surface area is 100 Å². The average molecular weight is 257 g/mol. The van der Waals surface area contributed by atoms with Crippen molar-refractivity contribution in [2.45, 2.75) is 0 Å². The number of aromatic nitrogens is 2. The second-order valence-corrected chi connectivity index (χ2v) is 3.93. The lowest BCUT2D eigenvalue weighted by molar-refractivity contribution is 0.477. The molecule has 0 radical (unpaired) electrons. The van der Waals surface area contributed by atoms with Crippen LogP contribution in [-0.4, -0.2) is 15.3 Å². The molecule has 0 atom stereocenters. The fourth-order valence-electron chi connectivity index (χ4n) is 1.26. The van der Waals surface area contributed by atoms with Gasteiger partial charge in [-0.25, -0.2) is 5.10 Å². The summed E-state index contributed by atoms with van der Waals surface area (Å²) >= 11 is 11.6. The number of hydrogen-bond donors (Lipinski definition) is 2. The highest BCUT2D eigenvalue weighted by molar-refractivity contribution is 6.36. The van der Waals surface area contributed by atoms with Crippen LogP contribution in [0.3, 0.4) is 0 Å². The van der Waals surface area contributed by atoms with Gasteiger partial charge in [0, 0.05) is 16.7 Å². The van der Waals surface area contributed by atoms with Crippen molar-refractivity contribution < 1.29 is 5.11 Å². The van der Waals surface area contributed by atoms with Crippen LogP contribution in [0, 0.1) is 0 Å². The molecule has 2 aromatic rings. The van der Waals surface area contributed by atoms with Gasteiger partial charge in [0.2, 0.25) is 0 Å². The van der Waals surface area contributed by atoms with E-state index < -0.39 is 0 Å². The van der Waals surface area contributed by atoms with Crippen molar-refractivity contribution in [3.63, 3.8) is 0 Å². The predicted molar refractivity (Wildman–Crippen MR) is 62.0 cm³/mol. The number of nitrogens with zero attached hydrogens (tertiary/aromatic N) is 1. The average Bonchev–Trinajstić information content (AvgIpc) is 2.25. The molecule has 0 spiro atoms. The molecule has 1 aromatic carbocycles. The maximum Gasteiger partial charge on any atom is 0.264 e. The third-order valence-electron chi connectivity index (χ3n) is 1.98. The largest absolute Gasteiger partial charge is 0.506 e. The quantitative estimate of drug-likeness (QED) is 0.824. The Morgan fingerprint density at radius 2 is 2.00 bits per heavy atom. The molecular formula is C10H6Cl2N2O2. The molecule has 0 saturated carbocycles. The van der Waals surface area contributed by atoms with Crippen molar-refractivity contribution in [1.82, 2.24) is 10.2 Å². The molecule has 1 heterocycles. The van der Waals surface area contributed by atoms with E-state index in [0.29, 0.717) is 16.3 Å². The summed E-state index contributed by atoms with van der Waals surface area (Å²) in [5, 5.41) is 16.3. The zero-order valence-electron chi connectivity index (χ0n) is 7.87. The van der Waals surface area contributed by atoms with Crippen molar-refractivity contribution in [2.24, 2.45) is 0 Å². The minimum Gasteiger partial charge on any atom is -0.506 e. The second-order valence-electron chi connectivity index (χ2n) is 3.09. The highest BCUT2D eigenvalue weighted by Crippen LogP contribution is 2.36. The van der Waals surface area contributed by atoms with Crippen molar-refractivity contribution in [2.75, 3.05) is 0 Å². The maximum absolute atomic E-state index is 10.8. The van der Waals surface area contributed by atoms with Crippen LogP contribution in [0.4, 0.5) is 0 Å². The van der Waals surface area contributed by atoms with Crippen LogP contribution >= 0.6 is 23.2 Å². The van der Waals surface area contributed by atoms with Gasteiger partial charge in [-0.1, -0.05) is 23.2 Å². The van der Waals surface area contributed by atoms with E-state index in [1.54, 1.807) is 0 Å². The number of benzene rings is 1. The first kappa shape index (κ1) is 11.0. The fourth-order valence-corrected chi connectivity index (χ4v) is 1.75. The number of aromatic amines is 1. The molecule has 6 heteroatoms. The number of H-pyrrole nitrogens is 1. The zero-order valence-corrected chi connectivity index (χ0v) is 9.38. The van der Waals surface area contributed by atoms with E-state index >= 15 is 0 Å².